The number of para-hydroxylation sites is 1. The molecule has 0 aliphatic carbocycles. The van der Waals surface area contributed by atoms with Crippen molar-refractivity contribution in [2.75, 3.05) is 0 Å². The van der Waals surface area contributed by atoms with Gasteiger partial charge in [-0.25, -0.2) is 4.39 Å². The Bertz CT molecular complexity index is 876. The van der Waals surface area contributed by atoms with E-state index in [1.165, 1.54) is 19.1 Å². The molecule has 1 amide bonds. The van der Waals surface area contributed by atoms with E-state index >= 15 is 0 Å². The van der Waals surface area contributed by atoms with Crippen molar-refractivity contribution >= 4 is 5.91 Å². The number of ether oxygens (including phenoxy) is 1. The normalized spacial score (nSPS) is 12.0. The summed E-state index contributed by atoms with van der Waals surface area (Å²) >= 11 is 0. The molecule has 3 rings (SSSR count). The van der Waals surface area contributed by atoms with Crippen LogP contribution in [-0.4, -0.2) is 31.9 Å². The van der Waals surface area contributed by atoms with E-state index in [0.29, 0.717) is 11.4 Å². The number of hydrogen-bond acceptors (Lipinski definition) is 6. The van der Waals surface area contributed by atoms with Crippen LogP contribution in [0, 0.1) is 5.82 Å². The van der Waals surface area contributed by atoms with Gasteiger partial charge < -0.3 is 14.6 Å². The molecule has 9 heteroatoms. The zero-order valence-corrected chi connectivity index (χ0v) is 13.6. The van der Waals surface area contributed by atoms with Gasteiger partial charge in [-0.1, -0.05) is 17.3 Å². The van der Waals surface area contributed by atoms with Gasteiger partial charge in [0, 0.05) is 13.2 Å². The van der Waals surface area contributed by atoms with Crippen LogP contribution in [0.2, 0.25) is 0 Å². The molecular formula is C16H16FN5O3. The summed E-state index contributed by atoms with van der Waals surface area (Å²) in [7, 11) is 1.78. The molecule has 0 aliphatic rings. The zero-order valence-electron chi connectivity index (χ0n) is 13.6. The van der Waals surface area contributed by atoms with E-state index in [2.05, 4.69) is 20.6 Å². The summed E-state index contributed by atoms with van der Waals surface area (Å²) in [4.78, 5) is 16.2. The van der Waals surface area contributed by atoms with Gasteiger partial charge in [0.1, 0.15) is 0 Å². The maximum absolute atomic E-state index is 13.5. The summed E-state index contributed by atoms with van der Waals surface area (Å²) < 4.78 is 25.5. The number of aryl methyl sites for hydroxylation is 1. The summed E-state index contributed by atoms with van der Waals surface area (Å²) in [6, 6.07) is 5.89. The molecule has 0 spiro atoms. The van der Waals surface area contributed by atoms with E-state index in [-0.39, 0.29) is 18.2 Å². The van der Waals surface area contributed by atoms with Gasteiger partial charge in [-0.2, -0.15) is 10.1 Å². The summed E-state index contributed by atoms with van der Waals surface area (Å²) in [5.74, 6) is -0.315. The zero-order chi connectivity index (χ0) is 17.8. The molecule has 1 atom stereocenters. The van der Waals surface area contributed by atoms with Crippen molar-refractivity contribution in [2.24, 2.45) is 7.05 Å². The number of benzene rings is 1. The lowest BCUT2D eigenvalue weighted by Gasteiger charge is -2.14. The fourth-order valence-electron chi connectivity index (χ4n) is 2.07. The predicted octanol–water partition coefficient (Wildman–Crippen LogP) is 1.69. The molecule has 0 unspecified atom stereocenters. The monoisotopic (exact) mass is 345 g/mol. The molecule has 2 aromatic heterocycles. The molecular weight excluding hydrogens is 329 g/mol. The molecule has 3 aromatic rings. The van der Waals surface area contributed by atoms with E-state index in [1.807, 2.05) is 0 Å². The summed E-state index contributed by atoms with van der Waals surface area (Å²) in [6.07, 6.45) is 2.48. The lowest BCUT2D eigenvalue weighted by molar-refractivity contribution is -0.127. The Balaban J connectivity index is 1.55. The van der Waals surface area contributed by atoms with Crippen molar-refractivity contribution in [3.63, 3.8) is 0 Å². The Morgan fingerprint density at radius 3 is 2.96 bits per heavy atom. The van der Waals surface area contributed by atoms with Gasteiger partial charge in [0.15, 0.2) is 17.7 Å². The van der Waals surface area contributed by atoms with Crippen LogP contribution in [-0.2, 0) is 18.4 Å². The third kappa shape index (κ3) is 4.00. The largest absolute Gasteiger partial charge is 0.478 e. The highest BCUT2D eigenvalue weighted by atomic mass is 19.1. The Morgan fingerprint density at radius 2 is 2.24 bits per heavy atom. The average molecular weight is 345 g/mol. The highest BCUT2D eigenvalue weighted by molar-refractivity contribution is 5.80. The van der Waals surface area contributed by atoms with E-state index in [1.54, 1.807) is 36.3 Å². The topological polar surface area (TPSA) is 95.1 Å². The van der Waals surface area contributed by atoms with E-state index in [4.69, 9.17) is 9.26 Å². The SMILES string of the molecule is C[C@@H](Oc1ccccc1F)C(=O)NCc1nc(-c2cnn(C)c2)no1. The van der Waals surface area contributed by atoms with Crippen LogP contribution in [0.1, 0.15) is 12.8 Å². The van der Waals surface area contributed by atoms with Gasteiger partial charge in [-0.3, -0.25) is 9.48 Å². The minimum Gasteiger partial charge on any atom is -0.478 e. The lowest BCUT2D eigenvalue weighted by Crippen LogP contribution is -2.36. The van der Waals surface area contributed by atoms with E-state index in [0.717, 1.165) is 0 Å². The number of halogens is 1. The molecule has 0 saturated carbocycles. The number of hydrogen-bond donors (Lipinski definition) is 1. The first-order chi connectivity index (χ1) is 12.0. The van der Waals surface area contributed by atoms with Gasteiger partial charge in [-0.05, 0) is 19.1 Å². The van der Waals surface area contributed by atoms with Crippen molar-refractivity contribution in [3.8, 4) is 17.1 Å². The standard InChI is InChI=1S/C16H16FN5O3/c1-10(24-13-6-4-3-5-12(13)17)16(23)18-8-14-20-15(21-25-14)11-7-19-22(2)9-11/h3-7,9-10H,8H2,1-2H3,(H,18,23)/t10-/m1/s1. The lowest BCUT2D eigenvalue weighted by atomic mass is 10.3. The molecule has 25 heavy (non-hydrogen) atoms. The van der Waals surface area contributed by atoms with Crippen LogP contribution in [0.4, 0.5) is 4.39 Å². The number of nitrogens with zero attached hydrogens (tertiary/aromatic N) is 4. The van der Waals surface area contributed by atoms with Crippen molar-refractivity contribution in [1.82, 2.24) is 25.2 Å². The molecule has 8 nitrogen and oxygen atoms in total. The Hall–Kier alpha value is -3.23. The fourth-order valence-corrected chi connectivity index (χ4v) is 2.07. The molecule has 0 saturated heterocycles. The summed E-state index contributed by atoms with van der Waals surface area (Å²) in [6.45, 7) is 1.56. The Labute approximate surface area is 142 Å². The number of aromatic nitrogens is 4. The van der Waals surface area contributed by atoms with Crippen LogP contribution < -0.4 is 10.1 Å². The van der Waals surface area contributed by atoms with Gasteiger partial charge in [-0.15, -0.1) is 0 Å². The predicted molar refractivity (Wildman–Crippen MR) is 84.8 cm³/mol. The second kappa shape index (κ2) is 7.12. The number of rotatable bonds is 6. The van der Waals surface area contributed by atoms with Crippen LogP contribution in [0.15, 0.2) is 41.2 Å². The molecule has 0 fully saturated rings. The van der Waals surface area contributed by atoms with Crippen LogP contribution in [0.5, 0.6) is 5.75 Å². The van der Waals surface area contributed by atoms with Crippen LogP contribution in [0.25, 0.3) is 11.4 Å². The number of carbonyl (C=O) groups is 1. The Kier molecular flexibility index (Phi) is 4.73. The summed E-state index contributed by atoms with van der Waals surface area (Å²) in [5, 5.41) is 10.5. The maximum atomic E-state index is 13.5. The quantitative estimate of drug-likeness (QED) is 0.730. The van der Waals surface area contributed by atoms with Crippen molar-refractivity contribution < 1.29 is 18.4 Å². The van der Waals surface area contributed by atoms with Crippen LogP contribution >= 0.6 is 0 Å². The molecule has 1 aromatic carbocycles. The maximum Gasteiger partial charge on any atom is 0.261 e. The molecule has 2 heterocycles. The third-order valence-electron chi connectivity index (χ3n) is 3.35. The van der Waals surface area contributed by atoms with E-state index in [9.17, 15) is 9.18 Å². The van der Waals surface area contributed by atoms with Crippen molar-refractivity contribution in [1.29, 1.82) is 0 Å². The van der Waals surface area contributed by atoms with Crippen LogP contribution in [0.3, 0.4) is 0 Å². The second-order valence-corrected chi connectivity index (χ2v) is 5.32. The van der Waals surface area contributed by atoms with E-state index < -0.39 is 17.8 Å². The molecule has 0 aliphatic heterocycles. The first-order valence-electron chi connectivity index (χ1n) is 7.53. The first-order valence-corrected chi connectivity index (χ1v) is 7.53. The van der Waals surface area contributed by atoms with Gasteiger partial charge in [0.25, 0.3) is 5.91 Å². The first kappa shape index (κ1) is 16.6. The molecule has 0 bridgehead atoms. The number of carbonyl (C=O) groups excluding carboxylic acids is 1. The van der Waals surface area contributed by atoms with Crippen molar-refractivity contribution in [3.05, 3.63) is 48.4 Å². The summed E-state index contributed by atoms with van der Waals surface area (Å²) in [5.41, 5.74) is 0.708. The third-order valence-corrected chi connectivity index (χ3v) is 3.35. The van der Waals surface area contributed by atoms with Gasteiger partial charge in [0.2, 0.25) is 11.7 Å². The number of nitrogens with one attached hydrogen (secondary N) is 1. The molecule has 130 valence electrons. The minimum atomic E-state index is -0.877. The van der Waals surface area contributed by atoms with Crippen molar-refractivity contribution in [2.45, 2.75) is 19.6 Å². The average Bonchev–Trinajstić information content (AvgIpc) is 3.23. The highest BCUT2D eigenvalue weighted by Gasteiger charge is 2.17. The highest BCUT2D eigenvalue weighted by Crippen LogP contribution is 2.17. The number of amides is 1. The molecule has 0 radical (unpaired) electrons. The minimum absolute atomic E-state index is 0.0156. The van der Waals surface area contributed by atoms with Gasteiger partial charge >= 0.3 is 0 Å². The van der Waals surface area contributed by atoms with Gasteiger partial charge in [0.05, 0.1) is 18.3 Å². The Morgan fingerprint density at radius 1 is 1.44 bits per heavy atom. The smallest absolute Gasteiger partial charge is 0.261 e. The fraction of sp³-hybridized carbons (Fsp3) is 0.250. The molecule has 1 N–H and O–H groups in total. The second-order valence-electron chi connectivity index (χ2n) is 5.32.